The Labute approximate surface area is 168 Å². The van der Waals surface area contributed by atoms with Gasteiger partial charge in [0.15, 0.2) is 0 Å². The van der Waals surface area contributed by atoms with Crippen LogP contribution in [0.3, 0.4) is 0 Å². The van der Waals surface area contributed by atoms with Gasteiger partial charge in [0, 0.05) is 35.3 Å². The fraction of sp³-hybridized carbons (Fsp3) is 0.182. The summed E-state index contributed by atoms with van der Waals surface area (Å²) in [4.78, 5) is 12.1. The molecular formula is C22H22N4O3. The van der Waals surface area contributed by atoms with Gasteiger partial charge in [0.2, 0.25) is 0 Å². The van der Waals surface area contributed by atoms with E-state index in [1.54, 1.807) is 26.4 Å². The number of methoxy groups -OCH3 is 2. The van der Waals surface area contributed by atoms with Crippen molar-refractivity contribution in [3.63, 3.8) is 0 Å². The van der Waals surface area contributed by atoms with E-state index >= 15 is 0 Å². The second-order valence-corrected chi connectivity index (χ2v) is 6.58. The molecule has 4 aromatic rings. The minimum Gasteiger partial charge on any atom is -0.508 e. The highest BCUT2D eigenvalue weighted by Crippen LogP contribution is 2.26. The second-order valence-electron chi connectivity index (χ2n) is 6.58. The fourth-order valence-corrected chi connectivity index (χ4v) is 3.24. The van der Waals surface area contributed by atoms with Gasteiger partial charge in [-0.05, 0) is 42.3 Å². The zero-order valence-corrected chi connectivity index (χ0v) is 16.3. The summed E-state index contributed by atoms with van der Waals surface area (Å²) in [5, 5.41) is 14.1. The van der Waals surface area contributed by atoms with Gasteiger partial charge in [-0.1, -0.05) is 12.1 Å². The molecule has 7 nitrogen and oxygen atoms in total. The Kier molecular flexibility index (Phi) is 5.20. The lowest BCUT2D eigenvalue weighted by molar-refractivity contribution is 0.381. The number of fused-ring (bicyclic) bond motifs is 1. The highest BCUT2D eigenvalue weighted by molar-refractivity contribution is 5.84. The van der Waals surface area contributed by atoms with Crippen molar-refractivity contribution in [2.24, 2.45) is 0 Å². The maximum absolute atomic E-state index is 9.74. The molecular weight excluding hydrogens is 368 g/mol. The number of nitrogens with zero attached hydrogens (tertiary/aromatic N) is 2. The molecule has 2 aromatic carbocycles. The largest absolute Gasteiger partial charge is 0.508 e. The molecule has 0 amide bonds. The van der Waals surface area contributed by atoms with Gasteiger partial charge in [0.25, 0.3) is 0 Å². The molecule has 0 radical (unpaired) electrons. The van der Waals surface area contributed by atoms with Crippen LogP contribution in [0.1, 0.15) is 5.56 Å². The number of nitrogens with one attached hydrogen (secondary N) is 2. The van der Waals surface area contributed by atoms with Gasteiger partial charge in [-0.3, -0.25) is 0 Å². The lowest BCUT2D eigenvalue weighted by atomic mass is 10.1. The number of phenols is 1. The van der Waals surface area contributed by atoms with Gasteiger partial charge in [0.1, 0.15) is 17.3 Å². The molecule has 0 spiro atoms. The molecule has 0 saturated carbocycles. The average Bonchev–Trinajstić information content (AvgIpc) is 3.15. The Hall–Kier alpha value is -3.74. The number of aromatic hydroxyl groups is 1. The smallest absolute Gasteiger partial charge is 0.318 e. The number of hydrogen-bond donors (Lipinski definition) is 3. The van der Waals surface area contributed by atoms with E-state index in [1.165, 1.54) is 0 Å². The normalized spacial score (nSPS) is 10.8. The number of H-pyrrole nitrogens is 1. The van der Waals surface area contributed by atoms with Crippen LogP contribution >= 0.6 is 0 Å². The standard InChI is InChI=1S/C22H22N4O3/c1-28-17-5-3-4-14(10-17)20-12-21(26-22(25-20)29-2)23-9-8-15-13-24-19-7-6-16(27)11-18(15)19/h3-7,10-13,24,27H,8-9H2,1-2H3,(H,23,25,26). The van der Waals surface area contributed by atoms with Gasteiger partial charge < -0.3 is 24.9 Å². The molecule has 2 heterocycles. The Balaban J connectivity index is 1.53. The van der Waals surface area contributed by atoms with Crippen LogP contribution in [0.5, 0.6) is 17.5 Å². The van der Waals surface area contributed by atoms with Crippen LogP contribution in [0, 0.1) is 0 Å². The van der Waals surface area contributed by atoms with Gasteiger partial charge in [-0.2, -0.15) is 9.97 Å². The molecule has 0 bridgehead atoms. The van der Waals surface area contributed by atoms with Crippen molar-refractivity contribution in [3.8, 4) is 28.8 Å². The van der Waals surface area contributed by atoms with Crippen LogP contribution in [0.25, 0.3) is 22.2 Å². The number of hydrogen-bond acceptors (Lipinski definition) is 6. The van der Waals surface area contributed by atoms with Crippen LogP contribution in [-0.4, -0.2) is 40.8 Å². The molecule has 3 N–H and O–H groups in total. The van der Waals surface area contributed by atoms with E-state index in [-0.39, 0.29) is 5.75 Å². The molecule has 7 heteroatoms. The van der Waals surface area contributed by atoms with Gasteiger partial charge in [0.05, 0.1) is 19.9 Å². The Bertz CT molecular complexity index is 1140. The monoisotopic (exact) mass is 390 g/mol. The number of benzene rings is 2. The lowest BCUT2D eigenvalue weighted by Gasteiger charge is -2.10. The summed E-state index contributed by atoms with van der Waals surface area (Å²) in [7, 11) is 3.18. The molecule has 0 fully saturated rings. The molecule has 148 valence electrons. The van der Waals surface area contributed by atoms with Crippen molar-refractivity contribution in [1.82, 2.24) is 15.0 Å². The van der Waals surface area contributed by atoms with Crippen molar-refractivity contribution >= 4 is 16.7 Å². The lowest BCUT2D eigenvalue weighted by Crippen LogP contribution is -2.07. The number of ether oxygens (including phenoxy) is 2. The van der Waals surface area contributed by atoms with Crippen LogP contribution in [0.15, 0.2) is 54.7 Å². The first-order valence-corrected chi connectivity index (χ1v) is 9.26. The van der Waals surface area contributed by atoms with Crippen molar-refractivity contribution in [2.45, 2.75) is 6.42 Å². The van der Waals surface area contributed by atoms with Gasteiger partial charge in [-0.25, -0.2) is 0 Å². The van der Waals surface area contributed by atoms with E-state index in [1.807, 2.05) is 42.6 Å². The minimum atomic E-state index is 0.259. The molecule has 0 aliphatic rings. The van der Waals surface area contributed by atoms with E-state index in [0.29, 0.717) is 18.4 Å². The molecule has 0 aliphatic carbocycles. The highest BCUT2D eigenvalue weighted by atomic mass is 16.5. The van der Waals surface area contributed by atoms with Gasteiger partial charge >= 0.3 is 6.01 Å². The Morgan fingerprint density at radius 1 is 1.03 bits per heavy atom. The quantitative estimate of drug-likeness (QED) is 0.442. The fourth-order valence-electron chi connectivity index (χ4n) is 3.24. The first kappa shape index (κ1) is 18.6. The molecule has 0 unspecified atom stereocenters. The molecule has 0 saturated heterocycles. The van der Waals surface area contributed by atoms with Crippen molar-refractivity contribution in [2.75, 3.05) is 26.1 Å². The van der Waals surface area contributed by atoms with E-state index < -0.39 is 0 Å². The topological polar surface area (TPSA) is 92.3 Å². The predicted molar refractivity (Wildman–Crippen MR) is 113 cm³/mol. The third-order valence-electron chi connectivity index (χ3n) is 4.71. The Morgan fingerprint density at radius 2 is 1.93 bits per heavy atom. The predicted octanol–water partition coefficient (Wildman–Crippen LogP) is 4.00. The third-order valence-corrected chi connectivity index (χ3v) is 4.71. The summed E-state index contributed by atoms with van der Waals surface area (Å²) >= 11 is 0. The number of aromatic amines is 1. The molecule has 2 aromatic heterocycles. The maximum atomic E-state index is 9.74. The van der Waals surface area contributed by atoms with Crippen molar-refractivity contribution in [1.29, 1.82) is 0 Å². The zero-order chi connectivity index (χ0) is 20.2. The first-order valence-electron chi connectivity index (χ1n) is 9.26. The SMILES string of the molecule is COc1cccc(-c2cc(NCCc3c[nH]c4ccc(O)cc34)nc(OC)n2)c1. The Morgan fingerprint density at radius 3 is 2.76 bits per heavy atom. The third kappa shape index (κ3) is 4.08. The first-order chi connectivity index (χ1) is 14.2. The average molecular weight is 390 g/mol. The van der Waals surface area contributed by atoms with E-state index in [9.17, 15) is 5.11 Å². The highest BCUT2D eigenvalue weighted by Gasteiger charge is 2.09. The van der Waals surface area contributed by atoms with Crippen LogP contribution < -0.4 is 14.8 Å². The molecule has 29 heavy (non-hydrogen) atoms. The minimum absolute atomic E-state index is 0.259. The molecule has 0 aliphatic heterocycles. The zero-order valence-electron chi connectivity index (χ0n) is 16.3. The van der Waals surface area contributed by atoms with Crippen molar-refractivity contribution in [3.05, 3.63) is 60.3 Å². The van der Waals surface area contributed by atoms with E-state index in [4.69, 9.17) is 9.47 Å². The summed E-state index contributed by atoms with van der Waals surface area (Å²) in [6.07, 6.45) is 2.73. The number of aromatic nitrogens is 3. The van der Waals surface area contributed by atoms with Crippen LogP contribution in [-0.2, 0) is 6.42 Å². The van der Waals surface area contributed by atoms with Crippen molar-refractivity contribution < 1.29 is 14.6 Å². The summed E-state index contributed by atoms with van der Waals surface area (Å²) < 4.78 is 10.6. The number of rotatable bonds is 7. The summed E-state index contributed by atoms with van der Waals surface area (Å²) in [5.74, 6) is 1.70. The second kappa shape index (κ2) is 8.10. The molecule has 4 rings (SSSR count). The maximum Gasteiger partial charge on any atom is 0.318 e. The number of phenolic OH excluding ortho intramolecular Hbond substituents is 1. The number of anilines is 1. The van der Waals surface area contributed by atoms with E-state index in [2.05, 4.69) is 20.3 Å². The molecule has 0 atom stereocenters. The van der Waals surface area contributed by atoms with Gasteiger partial charge in [-0.15, -0.1) is 0 Å². The summed E-state index contributed by atoms with van der Waals surface area (Å²) in [6, 6.07) is 15.2. The van der Waals surface area contributed by atoms with Crippen LogP contribution in [0.4, 0.5) is 5.82 Å². The van der Waals surface area contributed by atoms with Crippen LogP contribution in [0.2, 0.25) is 0 Å². The summed E-state index contributed by atoms with van der Waals surface area (Å²) in [5.41, 5.74) is 3.79. The summed E-state index contributed by atoms with van der Waals surface area (Å²) in [6.45, 7) is 0.667. The van der Waals surface area contributed by atoms with E-state index in [0.717, 1.165) is 39.9 Å².